The van der Waals surface area contributed by atoms with Crippen molar-refractivity contribution in [1.29, 1.82) is 0 Å². The Labute approximate surface area is 104 Å². The summed E-state index contributed by atoms with van der Waals surface area (Å²) < 4.78 is 5.40. The van der Waals surface area contributed by atoms with E-state index in [0.29, 0.717) is 13.2 Å². The summed E-state index contributed by atoms with van der Waals surface area (Å²) in [4.78, 5) is 0. The largest absolute Gasteiger partial charge is 0.494 e. The van der Waals surface area contributed by atoms with E-state index in [1.54, 1.807) is 0 Å². The molecule has 0 radical (unpaired) electrons. The zero-order valence-electron chi connectivity index (χ0n) is 11.1. The fourth-order valence-corrected chi connectivity index (χ4v) is 1.77. The van der Waals surface area contributed by atoms with Crippen LogP contribution in [-0.4, -0.2) is 13.2 Å². The van der Waals surface area contributed by atoms with Gasteiger partial charge >= 0.3 is 0 Å². The molecule has 1 aromatic rings. The molecule has 1 atom stereocenters. The molecule has 1 aromatic carbocycles. The third kappa shape index (κ3) is 4.36. The molecule has 1 unspecified atom stereocenters. The minimum absolute atomic E-state index is 0.0317. The van der Waals surface area contributed by atoms with Gasteiger partial charge in [-0.3, -0.25) is 0 Å². The van der Waals surface area contributed by atoms with Gasteiger partial charge in [-0.2, -0.15) is 0 Å². The molecule has 3 nitrogen and oxygen atoms in total. The molecule has 0 bridgehead atoms. The van der Waals surface area contributed by atoms with E-state index in [4.69, 9.17) is 16.2 Å². The van der Waals surface area contributed by atoms with Gasteiger partial charge in [0.2, 0.25) is 0 Å². The van der Waals surface area contributed by atoms with Crippen molar-refractivity contribution in [2.45, 2.75) is 33.2 Å². The molecule has 0 amide bonds. The standard InChI is InChI=1S/C14H24N2O/c1-4-17-12-7-5-11(6-8-12)13(16)9-14(2,3)10-15/h5-8,13H,4,9-10,15-16H2,1-3H3. The van der Waals surface area contributed by atoms with Crippen molar-refractivity contribution in [1.82, 2.24) is 0 Å². The van der Waals surface area contributed by atoms with Crippen LogP contribution in [-0.2, 0) is 0 Å². The first-order valence-electron chi connectivity index (χ1n) is 6.17. The number of benzene rings is 1. The highest BCUT2D eigenvalue weighted by atomic mass is 16.5. The normalized spacial score (nSPS) is 13.5. The van der Waals surface area contributed by atoms with Crippen LogP contribution in [0.4, 0.5) is 0 Å². The lowest BCUT2D eigenvalue weighted by atomic mass is 9.84. The lowest BCUT2D eigenvalue weighted by Gasteiger charge is -2.26. The Bertz CT molecular complexity index is 333. The van der Waals surface area contributed by atoms with Crippen molar-refractivity contribution in [2.24, 2.45) is 16.9 Å². The number of hydrogen-bond donors (Lipinski definition) is 2. The lowest BCUT2D eigenvalue weighted by molar-refractivity contribution is 0.317. The van der Waals surface area contributed by atoms with E-state index in [0.717, 1.165) is 17.7 Å². The molecular formula is C14H24N2O. The summed E-state index contributed by atoms with van der Waals surface area (Å²) in [5.74, 6) is 0.890. The predicted molar refractivity (Wildman–Crippen MR) is 72.0 cm³/mol. The summed E-state index contributed by atoms with van der Waals surface area (Å²) in [7, 11) is 0. The number of hydrogen-bond acceptors (Lipinski definition) is 3. The van der Waals surface area contributed by atoms with Crippen LogP contribution in [0.25, 0.3) is 0 Å². The monoisotopic (exact) mass is 236 g/mol. The van der Waals surface area contributed by atoms with Crippen LogP contribution >= 0.6 is 0 Å². The first-order chi connectivity index (χ1) is 7.98. The Morgan fingerprint density at radius 3 is 2.29 bits per heavy atom. The van der Waals surface area contributed by atoms with Gasteiger partial charge < -0.3 is 16.2 Å². The lowest BCUT2D eigenvalue weighted by Crippen LogP contribution is -2.28. The Morgan fingerprint density at radius 1 is 1.24 bits per heavy atom. The van der Waals surface area contributed by atoms with E-state index in [9.17, 15) is 0 Å². The molecule has 0 aliphatic rings. The molecule has 4 N–H and O–H groups in total. The van der Waals surface area contributed by atoms with Crippen LogP contribution in [0.5, 0.6) is 5.75 Å². The highest BCUT2D eigenvalue weighted by Gasteiger charge is 2.20. The van der Waals surface area contributed by atoms with Gasteiger partial charge in [0, 0.05) is 6.04 Å². The minimum atomic E-state index is 0.0317. The smallest absolute Gasteiger partial charge is 0.119 e. The van der Waals surface area contributed by atoms with Crippen LogP contribution in [0.2, 0.25) is 0 Å². The van der Waals surface area contributed by atoms with E-state index >= 15 is 0 Å². The molecule has 0 saturated heterocycles. The van der Waals surface area contributed by atoms with Crippen molar-refractivity contribution >= 4 is 0 Å². The van der Waals surface area contributed by atoms with E-state index in [1.807, 2.05) is 31.2 Å². The Balaban J connectivity index is 2.66. The fourth-order valence-electron chi connectivity index (χ4n) is 1.77. The summed E-state index contributed by atoms with van der Waals surface area (Å²) in [5, 5.41) is 0. The molecule has 0 fully saturated rings. The van der Waals surface area contributed by atoms with Gasteiger partial charge in [0.05, 0.1) is 6.61 Å². The predicted octanol–water partition coefficient (Wildman–Crippen LogP) is 2.46. The van der Waals surface area contributed by atoms with Crippen LogP contribution in [0.15, 0.2) is 24.3 Å². The molecule has 0 aliphatic carbocycles. The second-order valence-electron chi connectivity index (χ2n) is 5.18. The van der Waals surface area contributed by atoms with Gasteiger partial charge in [0.25, 0.3) is 0 Å². The topological polar surface area (TPSA) is 61.3 Å². The quantitative estimate of drug-likeness (QED) is 0.797. The van der Waals surface area contributed by atoms with Gasteiger partial charge in [-0.1, -0.05) is 26.0 Å². The maximum Gasteiger partial charge on any atom is 0.119 e. The first kappa shape index (κ1) is 14.0. The molecule has 0 spiro atoms. The molecule has 0 aromatic heterocycles. The Hall–Kier alpha value is -1.06. The van der Waals surface area contributed by atoms with Gasteiger partial charge in [-0.05, 0) is 43.0 Å². The summed E-state index contributed by atoms with van der Waals surface area (Å²) in [6, 6.07) is 8.02. The van der Waals surface area contributed by atoms with Crippen molar-refractivity contribution in [3.8, 4) is 5.75 Å². The highest BCUT2D eigenvalue weighted by molar-refractivity contribution is 5.29. The average Bonchev–Trinajstić information content (AvgIpc) is 2.30. The van der Waals surface area contributed by atoms with Gasteiger partial charge in [-0.15, -0.1) is 0 Å². The van der Waals surface area contributed by atoms with Crippen LogP contribution in [0, 0.1) is 5.41 Å². The molecule has 17 heavy (non-hydrogen) atoms. The van der Waals surface area contributed by atoms with Gasteiger partial charge in [0.1, 0.15) is 5.75 Å². The number of rotatable bonds is 6. The zero-order valence-corrected chi connectivity index (χ0v) is 11.1. The van der Waals surface area contributed by atoms with E-state index in [1.165, 1.54) is 0 Å². The van der Waals surface area contributed by atoms with Crippen molar-refractivity contribution in [3.05, 3.63) is 29.8 Å². The summed E-state index contributed by atoms with van der Waals surface area (Å²) in [6.07, 6.45) is 0.886. The molecular weight excluding hydrogens is 212 g/mol. The second kappa shape index (κ2) is 6.03. The van der Waals surface area contributed by atoms with E-state index < -0.39 is 0 Å². The molecule has 0 saturated carbocycles. The SMILES string of the molecule is CCOc1ccc(C(N)CC(C)(C)CN)cc1. The molecule has 0 aliphatic heterocycles. The Kier molecular flexibility index (Phi) is 4.97. The van der Waals surface area contributed by atoms with Crippen LogP contribution in [0.1, 0.15) is 38.8 Å². The number of nitrogens with two attached hydrogens (primary N) is 2. The molecule has 3 heteroatoms. The average molecular weight is 236 g/mol. The minimum Gasteiger partial charge on any atom is -0.494 e. The highest BCUT2D eigenvalue weighted by Crippen LogP contribution is 2.28. The van der Waals surface area contributed by atoms with Crippen LogP contribution in [0.3, 0.4) is 0 Å². The molecule has 1 rings (SSSR count). The maximum absolute atomic E-state index is 6.18. The molecule has 96 valence electrons. The summed E-state index contributed by atoms with van der Waals surface area (Å²) in [6.45, 7) is 7.59. The first-order valence-corrected chi connectivity index (χ1v) is 6.17. The summed E-state index contributed by atoms with van der Waals surface area (Å²) >= 11 is 0. The van der Waals surface area contributed by atoms with Gasteiger partial charge in [-0.25, -0.2) is 0 Å². The second-order valence-corrected chi connectivity index (χ2v) is 5.18. The third-order valence-corrected chi connectivity index (χ3v) is 2.94. The fraction of sp³-hybridized carbons (Fsp3) is 0.571. The van der Waals surface area contributed by atoms with Crippen LogP contribution < -0.4 is 16.2 Å². The van der Waals surface area contributed by atoms with Gasteiger partial charge in [0.15, 0.2) is 0 Å². The van der Waals surface area contributed by atoms with E-state index in [-0.39, 0.29) is 11.5 Å². The van der Waals surface area contributed by atoms with Crippen molar-refractivity contribution < 1.29 is 4.74 Å². The zero-order chi connectivity index (χ0) is 12.9. The van der Waals surface area contributed by atoms with Crippen molar-refractivity contribution in [3.63, 3.8) is 0 Å². The number of ether oxygens (including phenoxy) is 1. The third-order valence-electron chi connectivity index (χ3n) is 2.94. The molecule has 0 heterocycles. The summed E-state index contributed by atoms with van der Waals surface area (Å²) in [5.41, 5.74) is 13.1. The Morgan fingerprint density at radius 2 is 1.82 bits per heavy atom. The van der Waals surface area contributed by atoms with Crippen molar-refractivity contribution in [2.75, 3.05) is 13.2 Å². The maximum atomic E-state index is 6.18. The van der Waals surface area contributed by atoms with E-state index in [2.05, 4.69) is 13.8 Å².